The molecule has 0 spiro atoms. The maximum atomic E-state index is 12.0. The summed E-state index contributed by atoms with van der Waals surface area (Å²) in [6.45, 7) is 6.91. The smallest absolute Gasteiger partial charge is 0.274 e. The predicted octanol–water partition coefficient (Wildman–Crippen LogP) is 0.725. The highest BCUT2D eigenvalue weighted by Crippen LogP contribution is 2.02. The minimum atomic E-state index is -0.155. The molecule has 0 aliphatic carbocycles. The Kier molecular flexibility index (Phi) is 4.75. The van der Waals surface area contributed by atoms with Gasteiger partial charge in [0, 0.05) is 18.8 Å². The van der Waals surface area contributed by atoms with Crippen LogP contribution in [0.25, 0.3) is 0 Å². The van der Waals surface area contributed by atoms with Gasteiger partial charge in [0.25, 0.3) is 5.56 Å². The Labute approximate surface area is 101 Å². The molecule has 0 fully saturated rings. The van der Waals surface area contributed by atoms with E-state index < -0.39 is 0 Å². The molecular weight excluding hydrogens is 218 g/mol. The summed E-state index contributed by atoms with van der Waals surface area (Å²) in [7, 11) is 0. The first kappa shape index (κ1) is 13.3. The number of hydrogen-bond donors (Lipinski definition) is 2. The van der Waals surface area contributed by atoms with Gasteiger partial charge in [0.05, 0.1) is 0 Å². The van der Waals surface area contributed by atoms with Crippen molar-refractivity contribution in [2.75, 3.05) is 18.4 Å². The summed E-state index contributed by atoms with van der Waals surface area (Å²) in [5, 5.41) is 5.66. The zero-order valence-corrected chi connectivity index (χ0v) is 10.5. The quantitative estimate of drug-likeness (QED) is 0.793. The van der Waals surface area contributed by atoms with Crippen LogP contribution < -0.4 is 16.2 Å². The van der Waals surface area contributed by atoms with E-state index in [0.717, 1.165) is 5.69 Å². The second kappa shape index (κ2) is 6.08. The van der Waals surface area contributed by atoms with E-state index in [1.54, 1.807) is 6.07 Å². The molecule has 0 aliphatic heterocycles. The van der Waals surface area contributed by atoms with Crippen LogP contribution >= 0.6 is 0 Å². The third kappa shape index (κ3) is 3.34. The maximum Gasteiger partial charge on any atom is 0.274 e. The Hall–Kier alpha value is -1.78. The second-order valence-electron chi connectivity index (χ2n) is 3.76. The highest BCUT2D eigenvalue weighted by Gasteiger charge is 2.08. The molecule has 0 saturated heterocycles. The molecule has 0 aromatic carbocycles. The molecule has 5 nitrogen and oxygen atoms in total. The number of pyridine rings is 1. The number of anilines is 1. The number of nitrogens with one attached hydrogen (secondary N) is 2. The van der Waals surface area contributed by atoms with Crippen molar-refractivity contribution in [2.45, 2.75) is 27.3 Å². The van der Waals surface area contributed by atoms with Gasteiger partial charge in [-0.3, -0.25) is 9.59 Å². The predicted molar refractivity (Wildman–Crippen MR) is 68.3 cm³/mol. The average Bonchev–Trinajstić information content (AvgIpc) is 2.29. The van der Waals surface area contributed by atoms with Crippen molar-refractivity contribution in [3.63, 3.8) is 0 Å². The van der Waals surface area contributed by atoms with Crippen LogP contribution in [0.2, 0.25) is 0 Å². The molecular formula is C12H19N3O2. The van der Waals surface area contributed by atoms with Gasteiger partial charge < -0.3 is 15.2 Å². The number of aromatic nitrogens is 1. The van der Waals surface area contributed by atoms with Crippen LogP contribution in [0, 0.1) is 6.92 Å². The Balaban J connectivity index is 3.01. The van der Waals surface area contributed by atoms with Gasteiger partial charge in [0.15, 0.2) is 0 Å². The third-order valence-corrected chi connectivity index (χ3v) is 2.44. The molecule has 5 heteroatoms. The van der Waals surface area contributed by atoms with Crippen molar-refractivity contribution in [2.24, 2.45) is 0 Å². The highest BCUT2D eigenvalue weighted by atomic mass is 16.2. The lowest BCUT2D eigenvalue weighted by molar-refractivity contribution is -0.121. The second-order valence-corrected chi connectivity index (χ2v) is 3.76. The van der Waals surface area contributed by atoms with Crippen LogP contribution in [0.3, 0.4) is 0 Å². The van der Waals surface area contributed by atoms with Crippen molar-refractivity contribution in [1.29, 1.82) is 0 Å². The fraction of sp³-hybridized carbons (Fsp3) is 0.500. The molecule has 0 bridgehead atoms. The van der Waals surface area contributed by atoms with E-state index in [4.69, 9.17) is 0 Å². The minimum absolute atomic E-state index is 0.0672. The van der Waals surface area contributed by atoms with Crippen molar-refractivity contribution in [1.82, 2.24) is 9.88 Å². The zero-order valence-electron chi connectivity index (χ0n) is 10.5. The molecule has 2 N–H and O–H groups in total. The molecule has 1 amide bonds. The SMILES string of the molecule is CCNC(=O)Cn1c(C)ccc(NCC)c1=O. The first-order valence-electron chi connectivity index (χ1n) is 5.81. The lowest BCUT2D eigenvalue weighted by atomic mass is 10.3. The van der Waals surface area contributed by atoms with Gasteiger partial charge in [-0.25, -0.2) is 0 Å². The number of likely N-dealkylation sites (N-methyl/N-ethyl adjacent to an activating group) is 1. The van der Waals surface area contributed by atoms with Gasteiger partial charge >= 0.3 is 0 Å². The van der Waals surface area contributed by atoms with Crippen LogP contribution in [0.4, 0.5) is 5.69 Å². The Morgan fingerprint density at radius 1 is 1.29 bits per heavy atom. The fourth-order valence-corrected chi connectivity index (χ4v) is 1.59. The van der Waals surface area contributed by atoms with Gasteiger partial charge in [0.2, 0.25) is 5.91 Å². The molecule has 94 valence electrons. The Morgan fingerprint density at radius 2 is 2.00 bits per heavy atom. The summed E-state index contributed by atoms with van der Waals surface area (Å²) in [5.74, 6) is -0.147. The number of carbonyl (C=O) groups is 1. The third-order valence-electron chi connectivity index (χ3n) is 2.44. The van der Waals surface area contributed by atoms with E-state index in [2.05, 4.69) is 10.6 Å². The molecule has 1 rings (SSSR count). The Bertz CT molecular complexity index is 452. The summed E-state index contributed by atoms with van der Waals surface area (Å²) >= 11 is 0. The minimum Gasteiger partial charge on any atom is -0.381 e. The van der Waals surface area contributed by atoms with Crippen LogP contribution in [0.5, 0.6) is 0 Å². The van der Waals surface area contributed by atoms with E-state index in [1.807, 2.05) is 26.8 Å². The van der Waals surface area contributed by atoms with Gasteiger partial charge in [-0.2, -0.15) is 0 Å². The molecule has 1 heterocycles. The first-order chi connectivity index (χ1) is 8.10. The molecule has 0 saturated carbocycles. The van der Waals surface area contributed by atoms with E-state index in [-0.39, 0.29) is 18.0 Å². The van der Waals surface area contributed by atoms with Crippen molar-refractivity contribution in [3.8, 4) is 0 Å². The number of nitrogens with zero attached hydrogens (tertiary/aromatic N) is 1. The lowest BCUT2D eigenvalue weighted by Crippen LogP contribution is -2.34. The van der Waals surface area contributed by atoms with Crippen LogP contribution in [-0.4, -0.2) is 23.6 Å². The summed E-state index contributed by atoms with van der Waals surface area (Å²) < 4.78 is 1.48. The monoisotopic (exact) mass is 237 g/mol. The zero-order chi connectivity index (χ0) is 12.8. The molecule has 1 aromatic rings. The van der Waals surface area contributed by atoms with Gasteiger partial charge in [-0.1, -0.05) is 0 Å². The average molecular weight is 237 g/mol. The topological polar surface area (TPSA) is 63.1 Å². The first-order valence-corrected chi connectivity index (χ1v) is 5.81. The van der Waals surface area contributed by atoms with Gasteiger partial charge in [-0.15, -0.1) is 0 Å². The molecule has 0 aliphatic rings. The fourth-order valence-electron chi connectivity index (χ4n) is 1.59. The maximum absolute atomic E-state index is 12.0. The normalized spacial score (nSPS) is 10.1. The van der Waals surface area contributed by atoms with Gasteiger partial charge in [0.1, 0.15) is 12.2 Å². The molecule has 1 aromatic heterocycles. The van der Waals surface area contributed by atoms with Crippen LogP contribution in [-0.2, 0) is 11.3 Å². The van der Waals surface area contributed by atoms with Crippen molar-refractivity contribution in [3.05, 3.63) is 28.2 Å². The van der Waals surface area contributed by atoms with Crippen molar-refractivity contribution < 1.29 is 4.79 Å². The summed E-state index contributed by atoms with van der Waals surface area (Å²) in [5.41, 5.74) is 1.16. The standard InChI is InChI=1S/C12H19N3O2/c1-4-13-10-7-6-9(3)15(12(10)17)8-11(16)14-5-2/h6-7,13H,4-5,8H2,1-3H3,(H,14,16). The lowest BCUT2D eigenvalue weighted by Gasteiger charge is -2.12. The van der Waals surface area contributed by atoms with Crippen LogP contribution in [0.1, 0.15) is 19.5 Å². The number of aryl methyl sites for hydroxylation is 1. The van der Waals surface area contributed by atoms with E-state index in [0.29, 0.717) is 18.8 Å². The number of carbonyl (C=O) groups excluding carboxylic acids is 1. The number of hydrogen-bond acceptors (Lipinski definition) is 3. The molecule has 17 heavy (non-hydrogen) atoms. The summed E-state index contributed by atoms with van der Waals surface area (Å²) in [4.78, 5) is 23.5. The molecule has 0 radical (unpaired) electrons. The summed E-state index contributed by atoms with van der Waals surface area (Å²) in [6.07, 6.45) is 0. The molecule has 0 unspecified atom stereocenters. The summed E-state index contributed by atoms with van der Waals surface area (Å²) in [6, 6.07) is 3.58. The molecule has 0 atom stereocenters. The Morgan fingerprint density at radius 3 is 2.59 bits per heavy atom. The number of rotatable bonds is 5. The largest absolute Gasteiger partial charge is 0.381 e. The van der Waals surface area contributed by atoms with Gasteiger partial charge in [-0.05, 0) is 32.9 Å². The number of amides is 1. The van der Waals surface area contributed by atoms with E-state index >= 15 is 0 Å². The van der Waals surface area contributed by atoms with Crippen LogP contribution in [0.15, 0.2) is 16.9 Å². The highest BCUT2D eigenvalue weighted by molar-refractivity contribution is 5.75. The van der Waals surface area contributed by atoms with E-state index in [9.17, 15) is 9.59 Å². The van der Waals surface area contributed by atoms with Crippen molar-refractivity contribution >= 4 is 11.6 Å². The van der Waals surface area contributed by atoms with E-state index in [1.165, 1.54) is 4.57 Å².